The highest BCUT2D eigenvalue weighted by Crippen LogP contribution is 2.26. The number of rotatable bonds is 3. The van der Waals surface area contributed by atoms with Gasteiger partial charge in [0.05, 0.1) is 24.6 Å². The Morgan fingerprint density at radius 1 is 1.52 bits per heavy atom. The fourth-order valence-electron chi connectivity index (χ4n) is 2.82. The topological polar surface area (TPSA) is 43.2 Å². The molecule has 6 heteroatoms. The van der Waals surface area contributed by atoms with Crippen LogP contribution in [0.3, 0.4) is 0 Å². The molecule has 5 nitrogen and oxygen atoms in total. The monoisotopic (exact) mass is 308 g/mol. The van der Waals surface area contributed by atoms with Crippen molar-refractivity contribution in [3.63, 3.8) is 0 Å². The molecule has 0 aliphatic carbocycles. The number of alkyl halides is 1. The molecule has 0 radical (unpaired) electrons. The van der Waals surface area contributed by atoms with Gasteiger partial charge in [0.2, 0.25) is 0 Å². The van der Waals surface area contributed by atoms with E-state index >= 15 is 0 Å². The first-order valence-corrected chi connectivity index (χ1v) is 7.76. The minimum Gasteiger partial charge on any atom is -0.374 e. The van der Waals surface area contributed by atoms with Gasteiger partial charge in [0.1, 0.15) is 11.3 Å². The molecule has 2 atom stereocenters. The second-order valence-electron chi connectivity index (χ2n) is 5.75. The zero-order valence-electron chi connectivity index (χ0n) is 12.7. The van der Waals surface area contributed by atoms with Gasteiger partial charge in [-0.3, -0.25) is 0 Å². The zero-order valence-corrected chi connectivity index (χ0v) is 13.5. The van der Waals surface area contributed by atoms with E-state index in [0.717, 1.165) is 48.8 Å². The summed E-state index contributed by atoms with van der Waals surface area (Å²) in [6.45, 7) is 7.41. The second kappa shape index (κ2) is 5.91. The van der Waals surface area contributed by atoms with Gasteiger partial charge in [0.25, 0.3) is 0 Å². The van der Waals surface area contributed by atoms with Gasteiger partial charge in [-0.05, 0) is 32.5 Å². The summed E-state index contributed by atoms with van der Waals surface area (Å²) in [5.74, 6) is 0.866. The van der Waals surface area contributed by atoms with Crippen molar-refractivity contribution < 1.29 is 4.74 Å². The van der Waals surface area contributed by atoms with Crippen LogP contribution in [-0.4, -0.2) is 52.3 Å². The highest BCUT2D eigenvalue weighted by atomic mass is 35.5. The molecule has 1 aliphatic heterocycles. The number of pyridine rings is 1. The standard InChI is InChI=1S/C15H21ClN4O/c1-10-4-5-17-15-13(10)18-14(11(2)16)20(15)9-12-8-19(3)6-7-21-12/h4-5,11-12H,6-9H2,1-3H3. The van der Waals surface area contributed by atoms with E-state index in [4.69, 9.17) is 21.3 Å². The maximum atomic E-state index is 6.32. The fourth-order valence-corrected chi connectivity index (χ4v) is 2.99. The first-order chi connectivity index (χ1) is 10.1. The van der Waals surface area contributed by atoms with Crippen molar-refractivity contribution in [3.8, 4) is 0 Å². The Bertz CT molecular complexity index is 640. The lowest BCUT2D eigenvalue weighted by atomic mass is 10.2. The molecule has 3 rings (SSSR count). The first-order valence-electron chi connectivity index (χ1n) is 7.32. The van der Waals surface area contributed by atoms with E-state index in [1.165, 1.54) is 0 Å². The number of ether oxygens (including phenoxy) is 1. The Morgan fingerprint density at radius 3 is 3.05 bits per heavy atom. The number of aromatic nitrogens is 3. The van der Waals surface area contributed by atoms with Crippen molar-refractivity contribution in [2.75, 3.05) is 26.7 Å². The van der Waals surface area contributed by atoms with E-state index in [0.29, 0.717) is 0 Å². The third-order valence-corrected chi connectivity index (χ3v) is 4.14. The van der Waals surface area contributed by atoms with Crippen LogP contribution >= 0.6 is 11.6 Å². The number of nitrogens with zero attached hydrogens (tertiary/aromatic N) is 4. The van der Waals surface area contributed by atoms with Crippen LogP contribution in [0, 0.1) is 6.92 Å². The fraction of sp³-hybridized carbons (Fsp3) is 0.600. The molecule has 21 heavy (non-hydrogen) atoms. The van der Waals surface area contributed by atoms with E-state index in [2.05, 4.69) is 28.4 Å². The lowest BCUT2D eigenvalue weighted by molar-refractivity contribution is -0.0273. The van der Waals surface area contributed by atoms with Crippen LogP contribution in [0.5, 0.6) is 0 Å². The van der Waals surface area contributed by atoms with Crippen LogP contribution in [0.4, 0.5) is 0 Å². The SMILES string of the molecule is Cc1ccnc2c1nc(C(C)Cl)n2CC1CN(C)CCO1. The largest absolute Gasteiger partial charge is 0.374 e. The van der Waals surface area contributed by atoms with Gasteiger partial charge in [-0.2, -0.15) is 0 Å². The third-order valence-electron chi connectivity index (χ3n) is 3.95. The van der Waals surface area contributed by atoms with Crippen LogP contribution in [0.1, 0.15) is 23.7 Å². The quantitative estimate of drug-likeness (QED) is 0.817. The van der Waals surface area contributed by atoms with Crippen LogP contribution in [0.25, 0.3) is 11.2 Å². The summed E-state index contributed by atoms with van der Waals surface area (Å²) in [7, 11) is 2.12. The van der Waals surface area contributed by atoms with Gasteiger partial charge in [0.15, 0.2) is 5.65 Å². The second-order valence-corrected chi connectivity index (χ2v) is 6.41. The molecule has 0 saturated carbocycles. The molecule has 0 bridgehead atoms. The summed E-state index contributed by atoms with van der Waals surface area (Å²) in [4.78, 5) is 11.5. The van der Waals surface area contributed by atoms with Gasteiger partial charge in [-0.25, -0.2) is 9.97 Å². The molecule has 0 spiro atoms. The number of morpholine rings is 1. The highest BCUT2D eigenvalue weighted by molar-refractivity contribution is 6.20. The van der Waals surface area contributed by atoms with Crippen molar-refractivity contribution in [1.29, 1.82) is 0 Å². The molecular formula is C15H21ClN4O. The summed E-state index contributed by atoms with van der Waals surface area (Å²) in [6.07, 6.45) is 1.98. The number of halogens is 1. The Hall–Kier alpha value is -1.17. The predicted octanol–water partition coefficient (Wildman–Crippen LogP) is 2.37. The number of likely N-dealkylation sites (N-methyl/N-ethyl adjacent to an activating group) is 1. The predicted molar refractivity (Wildman–Crippen MR) is 83.8 cm³/mol. The van der Waals surface area contributed by atoms with E-state index in [-0.39, 0.29) is 11.5 Å². The average molecular weight is 309 g/mol. The Morgan fingerprint density at radius 2 is 2.33 bits per heavy atom. The lowest BCUT2D eigenvalue weighted by Crippen LogP contribution is -2.42. The van der Waals surface area contributed by atoms with Crippen molar-refractivity contribution in [1.82, 2.24) is 19.4 Å². The van der Waals surface area contributed by atoms with E-state index < -0.39 is 0 Å². The van der Waals surface area contributed by atoms with Crippen LogP contribution in [0.15, 0.2) is 12.3 Å². The summed E-state index contributed by atoms with van der Waals surface area (Å²) in [5.41, 5.74) is 2.96. The van der Waals surface area contributed by atoms with Gasteiger partial charge >= 0.3 is 0 Å². The van der Waals surface area contributed by atoms with E-state index in [1.54, 1.807) is 0 Å². The van der Waals surface area contributed by atoms with Crippen molar-refractivity contribution in [3.05, 3.63) is 23.7 Å². The van der Waals surface area contributed by atoms with Crippen LogP contribution < -0.4 is 0 Å². The van der Waals surface area contributed by atoms with Crippen LogP contribution in [-0.2, 0) is 11.3 Å². The van der Waals surface area contributed by atoms with Gasteiger partial charge in [-0.1, -0.05) is 0 Å². The summed E-state index contributed by atoms with van der Waals surface area (Å²) >= 11 is 6.32. The molecule has 3 heterocycles. The molecule has 2 aromatic rings. The number of hydrogen-bond acceptors (Lipinski definition) is 4. The molecule has 1 aliphatic rings. The Balaban J connectivity index is 1.99. The summed E-state index contributed by atoms with van der Waals surface area (Å²) in [6, 6.07) is 1.98. The minimum absolute atomic E-state index is 0.151. The molecule has 0 amide bonds. The highest BCUT2D eigenvalue weighted by Gasteiger charge is 2.23. The van der Waals surface area contributed by atoms with E-state index in [9.17, 15) is 0 Å². The Labute approximate surface area is 129 Å². The summed E-state index contributed by atoms with van der Waals surface area (Å²) in [5, 5.41) is -0.153. The number of aryl methyl sites for hydroxylation is 1. The van der Waals surface area contributed by atoms with Crippen molar-refractivity contribution in [2.45, 2.75) is 31.9 Å². The van der Waals surface area contributed by atoms with Crippen molar-refractivity contribution >= 4 is 22.8 Å². The maximum absolute atomic E-state index is 6.32. The molecule has 0 aromatic carbocycles. The van der Waals surface area contributed by atoms with Crippen molar-refractivity contribution in [2.24, 2.45) is 0 Å². The number of hydrogen-bond donors (Lipinski definition) is 0. The van der Waals surface area contributed by atoms with Gasteiger partial charge < -0.3 is 14.2 Å². The Kier molecular flexibility index (Phi) is 4.15. The molecule has 2 unspecified atom stereocenters. The third kappa shape index (κ3) is 2.91. The number of fused-ring (bicyclic) bond motifs is 1. The molecule has 0 N–H and O–H groups in total. The molecular weight excluding hydrogens is 288 g/mol. The minimum atomic E-state index is -0.153. The molecule has 1 saturated heterocycles. The maximum Gasteiger partial charge on any atom is 0.160 e. The lowest BCUT2D eigenvalue weighted by Gasteiger charge is -2.30. The first kappa shape index (κ1) is 14.8. The molecule has 114 valence electrons. The number of imidazole rings is 1. The van der Waals surface area contributed by atoms with Gasteiger partial charge in [-0.15, -0.1) is 11.6 Å². The zero-order chi connectivity index (χ0) is 15.0. The molecule has 1 fully saturated rings. The van der Waals surface area contributed by atoms with Gasteiger partial charge in [0, 0.05) is 19.3 Å². The smallest absolute Gasteiger partial charge is 0.160 e. The normalized spacial score (nSPS) is 21.8. The average Bonchev–Trinajstić information content (AvgIpc) is 2.80. The molecule has 2 aromatic heterocycles. The summed E-state index contributed by atoms with van der Waals surface area (Å²) < 4.78 is 7.99. The van der Waals surface area contributed by atoms with E-state index in [1.807, 2.05) is 19.2 Å². The van der Waals surface area contributed by atoms with Crippen LogP contribution in [0.2, 0.25) is 0 Å².